The number of carbonyl (C=O) groups is 3. The number of nitrogens with zero attached hydrogens (tertiary/aromatic N) is 1. The van der Waals surface area contributed by atoms with E-state index in [1.807, 2.05) is 18.7 Å². The van der Waals surface area contributed by atoms with Crippen molar-refractivity contribution < 1.29 is 23.9 Å². The number of carbonyl (C=O) groups excluding carboxylic acids is 3. The lowest BCUT2D eigenvalue weighted by molar-refractivity contribution is -0.147. The highest BCUT2D eigenvalue weighted by atomic mass is 16.5. The Labute approximate surface area is 177 Å². The first-order valence-electron chi connectivity index (χ1n) is 11.5. The summed E-state index contributed by atoms with van der Waals surface area (Å²) in [6, 6.07) is 0. The molecule has 1 amide bonds. The van der Waals surface area contributed by atoms with Gasteiger partial charge in [0.2, 0.25) is 5.91 Å². The largest absolute Gasteiger partial charge is 0.466 e. The van der Waals surface area contributed by atoms with Crippen molar-refractivity contribution in [3.8, 4) is 0 Å². The molecule has 6 nitrogen and oxygen atoms in total. The summed E-state index contributed by atoms with van der Waals surface area (Å²) < 4.78 is 10.4. The highest BCUT2D eigenvalue weighted by Crippen LogP contribution is 2.14. The van der Waals surface area contributed by atoms with Crippen molar-refractivity contribution in [3.63, 3.8) is 0 Å². The highest BCUT2D eigenvalue weighted by molar-refractivity contribution is 5.75. The Bertz CT molecular complexity index is 453. The zero-order valence-corrected chi connectivity index (χ0v) is 19.2. The topological polar surface area (TPSA) is 72.9 Å². The molecule has 0 spiro atoms. The van der Waals surface area contributed by atoms with Gasteiger partial charge in [-0.15, -0.1) is 0 Å². The molecule has 0 aromatic rings. The van der Waals surface area contributed by atoms with Crippen LogP contribution in [0.15, 0.2) is 0 Å². The zero-order valence-electron chi connectivity index (χ0n) is 19.2. The number of unbranched alkanes of at least 4 members (excludes halogenated alkanes) is 5. The number of esters is 2. The summed E-state index contributed by atoms with van der Waals surface area (Å²) in [4.78, 5) is 36.8. The third-order valence-corrected chi connectivity index (χ3v) is 4.94. The van der Waals surface area contributed by atoms with Gasteiger partial charge in [-0.1, -0.05) is 39.5 Å². The maximum atomic E-state index is 12.2. The van der Waals surface area contributed by atoms with Gasteiger partial charge in [0.05, 0.1) is 6.61 Å². The van der Waals surface area contributed by atoms with E-state index in [1.165, 1.54) is 6.92 Å². The molecule has 0 aliphatic rings. The van der Waals surface area contributed by atoms with Crippen molar-refractivity contribution in [2.24, 2.45) is 0 Å². The second-order valence-electron chi connectivity index (χ2n) is 7.57. The first-order valence-corrected chi connectivity index (χ1v) is 11.5. The summed E-state index contributed by atoms with van der Waals surface area (Å²) >= 11 is 0. The Balaban J connectivity index is 4.20. The van der Waals surface area contributed by atoms with Crippen LogP contribution in [0.25, 0.3) is 0 Å². The summed E-state index contributed by atoms with van der Waals surface area (Å²) in [5, 5.41) is 0. The molecule has 0 aliphatic heterocycles. The molecule has 0 aliphatic carbocycles. The van der Waals surface area contributed by atoms with E-state index in [1.54, 1.807) is 0 Å². The fourth-order valence-corrected chi connectivity index (χ4v) is 3.37. The molecule has 1 atom stereocenters. The molecular weight excluding hydrogens is 370 g/mol. The molecule has 0 saturated carbocycles. The van der Waals surface area contributed by atoms with E-state index in [4.69, 9.17) is 9.47 Å². The van der Waals surface area contributed by atoms with Crippen molar-refractivity contribution in [2.45, 2.75) is 111 Å². The Morgan fingerprint density at radius 1 is 0.828 bits per heavy atom. The van der Waals surface area contributed by atoms with E-state index in [0.717, 1.165) is 70.8 Å². The Kier molecular flexibility index (Phi) is 17.4. The van der Waals surface area contributed by atoms with E-state index in [0.29, 0.717) is 26.0 Å². The molecule has 0 aromatic carbocycles. The van der Waals surface area contributed by atoms with Crippen LogP contribution in [0.5, 0.6) is 0 Å². The molecule has 170 valence electrons. The predicted molar refractivity (Wildman–Crippen MR) is 116 cm³/mol. The Morgan fingerprint density at radius 2 is 1.48 bits per heavy atom. The van der Waals surface area contributed by atoms with Crippen LogP contribution in [-0.2, 0) is 23.9 Å². The molecule has 6 heteroatoms. The molecule has 0 fully saturated rings. The van der Waals surface area contributed by atoms with Crippen LogP contribution < -0.4 is 0 Å². The number of amides is 1. The third kappa shape index (κ3) is 16.0. The lowest BCUT2D eigenvalue weighted by Crippen LogP contribution is -2.33. The first kappa shape index (κ1) is 27.4. The minimum Gasteiger partial charge on any atom is -0.466 e. The van der Waals surface area contributed by atoms with E-state index < -0.39 is 0 Å². The van der Waals surface area contributed by atoms with Gasteiger partial charge in [0.1, 0.15) is 6.10 Å². The average molecular weight is 414 g/mol. The van der Waals surface area contributed by atoms with E-state index >= 15 is 0 Å². The molecule has 0 saturated heterocycles. The standard InChI is InChI=1S/C23H43NO5/c1-5-8-11-15-21(29-20(4)25)16-14-19-24(22(26)6-2)18-13-10-9-12-17-23(27)28-7-3/h21H,5-19H2,1-4H3. The van der Waals surface area contributed by atoms with E-state index in [2.05, 4.69) is 6.92 Å². The SMILES string of the molecule is CCCCCC(CCCN(CCCCCCC(=O)OCC)C(=O)CC)OC(C)=O. The highest BCUT2D eigenvalue weighted by Gasteiger charge is 2.15. The smallest absolute Gasteiger partial charge is 0.305 e. The van der Waals surface area contributed by atoms with E-state index in [9.17, 15) is 14.4 Å². The zero-order chi connectivity index (χ0) is 21.9. The molecule has 1 unspecified atom stereocenters. The van der Waals surface area contributed by atoms with Gasteiger partial charge in [0.15, 0.2) is 0 Å². The molecule has 0 heterocycles. The minimum absolute atomic E-state index is 0.0412. The normalized spacial score (nSPS) is 11.7. The summed E-state index contributed by atoms with van der Waals surface area (Å²) in [5.74, 6) is -0.182. The van der Waals surface area contributed by atoms with Crippen LogP contribution >= 0.6 is 0 Å². The van der Waals surface area contributed by atoms with Crippen LogP contribution in [0.1, 0.15) is 105 Å². The van der Waals surface area contributed by atoms with Gasteiger partial charge in [0.25, 0.3) is 0 Å². The van der Waals surface area contributed by atoms with Crippen LogP contribution in [0, 0.1) is 0 Å². The average Bonchev–Trinajstić information content (AvgIpc) is 2.68. The van der Waals surface area contributed by atoms with Crippen molar-refractivity contribution in [2.75, 3.05) is 19.7 Å². The fraction of sp³-hybridized carbons (Fsp3) is 0.870. The number of hydrogen-bond acceptors (Lipinski definition) is 5. The van der Waals surface area contributed by atoms with Crippen molar-refractivity contribution in [1.29, 1.82) is 0 Å². The van der Waals surface area contributed by atoms with Gasteiger partial charge < -0.3 is 14.4 Å². The maximum Gasteiger partial charge on any atom is 0.305 e. The van der Waals surface area contributed by atoms with Crippen LogP contribution in [0.2, 0.25) is 0 Å². The van der Waals surface area contributed by atoms with Gasteiger partial charge in [-0.2, -0.15) is 0 Å². The quantitative estimate of drug-likeness (QED) is 0.233. The summed E-state index contributed by atoms with van der Waals surface area (Å²) in [5.41, 5.74) is 0. The van der Waals surface area contributed by atoms with Crippen molar-refractivity contribution in [1.82, 2.24) is 4.90 Å². The van der Waals surface area contributed by atoms with Crippen LogP contribution in [-0.4, -0.2) is 48.5 Å². The van der Waals surface area contributed by atoms with Crippen molar-refractivity contribution in [3.05, 3.63) is 0 Å². The Hall–Kier alpha value is -1.59. The molecule has 0 rings (SSSR count). The van der Waals surface area contributed by atoms with Crippen LogP contribution in [0.3, 0.4) is 0 Å². The predicted octanol–water partition coefficient (Wildman–Crippen LogP) is 5.03. The molecule has 0 N–H and O–H groups in total. The summed E-state index contributed by atoms with van der Waals surface area (Å²) in [6.07, 6.45) is 10.6. The summed E-state index contributed by atoms with van der Waals surface area (Å²) in [7, 11) is 0. The third-order valence-electron chi connectivity index (χ3n) is 4.94. The molecule has 0 aromatic heterocycles. The van der Waals surface area contributed by atoms with Gasteiger partial charge in [0, 0.05) is 32.9 Å². The number of hydrogen-bond donors (Lipinski definition) is 0. The first-order chi connectivity index (χ1) is 13.9. The van der Waals surface area contributed by atoms with Crippen molar-refractivity contribution >= 4 is 17.8 Å². The van der Waals surface area contributed by atoms with Gasteiger partial charge in [-0.25, -0.2) is 0 Å². The minimum atomic E-state index is -0.226. The van der Waals surface area contributed by atoms with Crippen LogP contribution in [0.4, 0.5) is 0 Å². The number of rotatable bonds is 18. The monoisotopic (exact) mass is 413 g/mol. The van der Waals surface area contributed by atoms with Gasteiger partial charge >= 0.3 is 11.9 Å². The fourth-order valence-electron chi connectivity index (χ4n) is 3.37. The number of ether oxygens (including phenoxy) is 2. The Morgan fingerprint density at radius 3 is 2.10 bits per heavy atom. The molecular formula is C23H43NO5. The second-order valence-corrected chi connectivity index (χ2v) is 7.57. The second kappa shape index (κ2) is 18.4. The van der Waals surface area contributed by atoms with Gasteiger partial charge in [-0.05, 0) is 45.4 Å². The maximum absolute atomic E-state index is 12.2. The molecule has 0 radical (unpaired) electrons. The van der Waals surface area contributed by atoms with E-state index in [-0.39, 0.29) is 23.9 Å². The lowest BCUT2D eigenvalue weighted by atomic mass is 10.1. The lowest BCUT2D eigenvalue weighted by Gasteiger charge is -2.24. The molecule has 0 bridgehead atoms. The van der Waals surface area contributed by atoms with Gasteiger partial charge in [-0.3, -0.25) is 14.4 Å². The molecule has 29 heavy (non-hydrogen) atoms. The summed E-state index contributed by atoms with van der Waals surface area (Å²) in [6.45, 7) is 9.22.